The van der Waals surface area contributed by atoms with Crippen LogP contribution in [-0.4, -0.2) is 94.1 Å². The molecule has 0 amide bonds. The number of carbonyl (C=O) groups is 1. The number of hydrogen-bond donors (Lipinski definition) is 4. The van der Waals surface area contributed by atoms with Gasteiger partial charge in [-0.1, -0.05) is 0 Å². The average molecular weight is 599 g/mol. The van der Waals surface area contributed by atoms with Crippen molar-refractivity contribution in [2.45, 2.75) is 32.4 Å². The van der Waals surface area contributed by atoms with Crippen LogP contribution in [0.2, 0.25) is 0 Å². The Labute approximate surface area is 248 Å². The molecule has 2 unspecified atom stereocenters. The van der Waals surface area contributed by atoms with Gasteiger partial charge in [-0.25, -0.2) is 14.6 Å². The summed E-state index contributed by atoms with van der Waals surface area (Å²) in [5, 5.41) is 32.4. The molecule has 2 atom stereocenters. The molecule has 0 saturated carbocycles. The van der Waals surface area contributed by atoms with Crippen LogP contribution in [0.25, 0.3) is 5.95 Å². The average Bonchev–Trinajstić information content (AvgIpc) is 3.40. The molecule has 3 rings (SSSR count). The van der Waals surface area contributed by atoms with Crippen LogP contribution in [-0.2, 0) is 19.0 Å². The fourth-order valence-electron chi connectivity index (χ4n) is 3.51. The summed E-state index contributed by atoms with van der Waals surface area (Å²) < 4.78 is 17.0. The zero-order chi connectivity index (χ0) is 30.3. The molecular formula is C25H34N12O4S. The summed E-state index contributed by atoms with van der Waals surface area (Å²) in [5.74, 6) is 0.956. The fourth-order valence-corrected chi connectivity index (χ4v) is 3.60. The van der Waals surface area contributed by atoms with Crippen molar-refractivity contribution in [2.75, 3.05) is 62.3 Å². The number of aromatic nitrogens is 6. The van der Waals surface area contributed by atoms with E-state index in [-0.39, 0.29) is 47.5 Å². The Morgan fingerprint density at radius 2 is 1.79 bits per heavy atom. The van der Waals surface area contributed by atoms with Crippen molar-refractivity contribution in [1.82, 2.24) is 29.7 Å². The topological polar surface area (TPSA) is 199 Å². The third-order valence-electron chi connectivity index (χ3n) is 5.30. The molecule has 0 radical (unpaired) electrons. The van der Waals surface area contributed by atoms with Crippen LogP contribution in [0.3, 0.4) is 0 Å². The number of ether oxygens (including phenoxy) is 3. The van der Waals surface area contributed by atoms with E-state index >= 15 is 0 Å². The van der Waals surface area contributed by atoms with Gasteiger partial charge in [0.1, 0.15) is 11.6 Å². The van der Waals surface area contributed by atoms with E-state index in [9.17, 15) is 10.1 Å². The second-order valence-corrected chi connectivity index (χ2v) is 9.24. The molecule has 42 heavy (non-hydrogen) atoms. The summed E-state index contributed by atoms with van der Waals surface area (Å²) in [6.07, 6.45) is 5.09. The Bertz CT molecular complexity index is 1370. The first-order valence-electron chi connectivity index (χ1n) is 13.0. The van der Waals surface area contributed by atoms with Crippen molar-refractivity contribution in [3.8, 4) is 12.0 Å². The lowest BCUT2D eigenvalue weighted by Crippen LogP contribution is -2.25. The van der Waals surface area contributed by atoms with E-state index in [1.807, 2.05) is 13.8 Å². The largest absolute Gasteiger partial charge is 0.465 e. The minimum absolute atomic E-state index is 0.00406. The molecule has 0 aliphatic carbocycles. The predicted octanol–water partition coefficient (Wildman–Crippen LogP) is 2.91. The molecule has 224 valence electrons. The van der Waals surface area contributed by atoms with Crippen LogP contribution in [0.15, 0.2) is 34.9 Å². The second-order valence-electron chi connectivity index (χ2n) is 8.92. The zero-order valence-corrected chi connectivity index (χ0v) is 24.7. The summed E-state index contributed by atoms with van der Waals surface area (Å²) in [6.45, 7) is 5.26. The van der Waals surface area contributed by atoms with E-state index in [1.54, 1.807) is 32.7 Å². The van der Waals surface area contributed by atoms with Crippen molar-refractivity contribution < 1.29 is 19.0 Å². The first kappa shape index (κ1) is 32.1. The molecule has 0 saturated heterocycles. The number of hydrogen-bond acceptors (Lipinski definition) is 16. The lowest BCUT2D eigenvalue weighted by atomic mass is 10.3. The fraction of sp³-hybridized carbons (Fsp3) is 0.480. The van der Waals surface area contributed by atoms with Gasteiger partial charge in [0.2, 0.25) is 11.8 Å². The summed E-state index contributed by atoms with van der Waals surface area (Å²) in [6, 6.07) is 3.49. The van der Waals surface area contributed by atoms with E-state index in [0.717, 1.165) is 0 Å². The van der Waals surface area contributed by atoms with Gasteiger partial charge in [0.15, 0.2) is 17.3 Å². The lowest BCUT2D eigenvalue weighted by molar-refractivity contribution is -0.140. The third kappa shape index (κ3) is 9.61. The summed E-state index contributed by atoms with van der Waals surface area (Å²) in [7, 11) is 3.21. The predicted molar refractivity (Wildman–Crippen MR) is 158 cm³/mol. The highest BCUT2D eigenvalue weighted by molar-refractivity contribution is 7.81. The highest BCUT2D eigenvalue weighted by atomic mass is 32.1. The quantitative estimate of drug-likeness (QED) is 0.0766. The first-order valence-corrected chi connectivity index (χ1v) is 13.6. The summed E-state index contributed by atoms with van der Waals surface area (Å²) in [5.41, 5.74) is 0.436. The van der Waals surface area contributed by atoms with E-state index < -0.39 is 5.97 Å². The van der Waals surface area contributed by atoms with E-state index in [2.05, 4.69) is 69.9 Å². The molecule has 16 nitrogen and oxygen atoms in total. The maximum atomic E-state index is 11.4. The highest BCUT2D eigenvalue weighted by Gasteiger charge is 2.19. The van der Waals surface area contributed by atoms with Crippen LogP contribution < -0.4 is 16.0 Å². The smallest absolute Gasteiger partial charge is 0.315 e. The number of thiol groups is 1. The first-order chi connectivity index (χ1) is 20.4. The molecule has 0 aliphatic rings. The van der Waals surface area contributed by atoms with Gasteiger partial charge in [0.05, 0.1) is 31.8 Å². The maximum absolute atomic E-state index is 11.4. The number of azo groups is 1. The Morgan fingerprint density at radius 1 is 1.10 bits per heavy atom. The molecule has 0 aromatic carbocycles. The van der Waals surface area contributed by atoms with Crippen LogP contribution in [0.4, 0.5) is 29.1 Å². The number of rotatable bonds is 17. The molecule has 3 aromatic rings. The van der Waals surface area contributed by atoms with Gasteiger partial charge in [-0.2, -0.15) is 27.9 Å². The molecule has 0 bridgehead atoms. The third-order valence-corrected chi connectivity index (χ3v) is 5.56. The molecule has 3 aromatic heterocycles. The Kier molecular flexibility index (Phi) is 12.8. The Balaban J connectivity index is 2.00. The van der Waals surface area contributed by atoms with Gasteiger partial charge < -0.3 is 30.2 Å². The number of esters is 1. The number of nitrogens with zero attached hydrogens (tertiary/aromatic N) is 9. The number of nitriles is 1. The normalized spacial score (nSPS) is 12.5. The molecule has 0 aliphatic heterocycles. The molecule has 3 heterocycles. The highest BCUT2D eigenvalue weighted by Crippen LogP contribution is 2.34. The standard InChI is InChI=1S/C25H34N12O4S/c1-16(13-39-3)30-23-20(34-35-21-18(11-26)12-37(36-21)25-28-7-5-8-29-25)22(27-9-6-10-41-19(38)15-42)32-24(33-23)31-17(2)14-40-4/h5,7-8,12,16-17,42H,6,9-10,13-15H2,1-4H3,(H3,27,30,31,32,33). The molecule has 0 spiro atoms. The molecular weight excluding hydrogens is 564 g/mol. The van der Waals surface area contributed by atoms with Crippen LogP contribution >= 0.6 is 12.6 Å². The van der Waals surface area contributed by atoms with Crippen molar-refractivity contribution in [3.05, 3.63) is 30.2 Å². The second kappa shape index (κ2) is 16.8. The molecule has 3 N–H and O–H groups in total. The Hall–Kier alpha value is -4.40. The summed E-state index contributed by atoms with van der Waals surface area (Å²) >= 11 is 3.91. The van der Waals surface area contributed by atoms with Gasteiger partial charge in [-0.15, -0.1) is 15.3 Å². The lowest BCUT2D eigenvalue weighted by Gasteiger charge is -2.19. The van der Waals surface area contributed by atoms with Crippen molar-refractivity contribution in [2.24, 2.45) is 10.2 Å². The zero-order valence-electron chi connectivity index (χ0n) is 23.8. The van der Waals surface area contributed by atoms with Crippen LogP contribution in [0.1, 0.15) is 25.8 Å². The minimum atomic E-state index is -0.402. The number of anilines is 3. The van der Waals surface area contributed by atoms with E-state index in [0.29, 0.717) is 43.8 Å². The van der Waals surface area contributed by atoms with Crippen molar-refractivity contribution in [3.63, 3.8) is 0 Å². The SMILES string of the molecule is COCC(C)Nc1nc(NCCCOC(=O)CS)c(N=Nc2nn(-c3ncccn3)cc2C#N)c(NC(C)COC)n1. The number of nitrogens with one attached hydrogen (secondary N) is 3. The number of carbonyl (C=O) groups excluding carboxylic acids is 1. The van der Waals surface area contributed by atoms with Gasteiger partial charge in [0.25, 0.3) is 5.95 Å². The maximum Gasteiger partial charge on any atom is 0.315 e. The Morgan fingerprint density at radius 3 is 2.45 bits per heavy atom. The van der Waals surface area contributed by atoms with Gasteiger partial charge >= 0.3 is 5.97 Å². The summed E-state index contributed by atoms with van der Waals surface area (Å²) in [4.78, 5) is 29.0. The molecule has 0 fully saturated rings. The minimum Gasteiger partial charge on any atom is -0.465 e. The van der Waals surface area contributed by atoms with Crippen LogP contribution in [0, 0.1) is 11.3 Å². The van der Waals surface area contributed by atoms with Gasteiger partial charge in [-0.05, 0) is 26.3 Å². The van der Waals surface area contributed by atoms with E-state index in [1.165, 1.54) is 10.9 Å². The monoisotopic (exact) mass is 598 g/mol. The molecule has 17 heteroatoms. The van der Waals surface area contributed by atoms with E-state index in [4.69, 9.17) is 14.2 Å². The van der Waals surface area contributed by atoms with Crippen molar-refractivity contribution >= 4 is 47.7 Å². The van der Waals surface area contributed by atoms with Crippen molar-refractivity contribution in [1.29, 1.82) is 5.26 Å². The van der Waals surface area contributed by atoms with Gasteiger partial charge in [-0.3, -0.25) is 4.79 Å². The van der Waals surface area contributed by atoms with Crippen LogP contribution in [0.5, 0.6) is 0 Å². The number of methoxy groups -OCH3 is 2. The van der Waals surface area contributed by atoms with Gasteiger partial charge in [0, 0.05) is 45.2 Å².